The summed E-state index contributed by atoms with van der Waals surface area (Å²) in [6.07, 6.45) is -0.310. The van der Waals surface area contributed by atoms with Gasteiger partial charge in [-0.2, -0.15) is 0 Å². The summed E-state index contributed by atoms with van der Waals surface area (Å²) in [7, 11) is 0. The van der Waals surface area contributed by atoms with E-state index in [2.05, 4.69) is 5.73 Å². The van der Waals surface area contributed by atoms with E-state index >= 15 is 0 Å². The molecule has 0 aromatic heterocycles. The molecule has 0 aromatic carbocycles. The molecule has 5 nitrogen and oxygen atoms in total. The first kappa shape index (κ1) is 12.6. The standard InChI is InChI=1S/C4H8N2O3.C2H6/c5-2(4(8)9)1-3(6)7;1-2/h2H,1,5H2,(H2,6,7)(H,8,9);1-2H3. The van der Waals surface area contributed by atoms with Crippen LogP contribution in [0.15, 0.2) is 0 Å². The Morgan fingerprint density at radius 1 is 1.45 bits per heavy atom. The fourth-order valence-corrected chi connectivity index (χ4v) is 0.304. The normalized spacial score (nSPS) is 10.8. The third-order valence-electron chi connectivity index (χ3n) is 0.738. The first-order valence-electron chi connectivity index (χ1n) is 3.30. The maximum atomic E-state index is 9.99. The van der Waals surface area contributed by atoms with E-state index in [4.69, 9.17) is 10.8 Å². The van der Waals surface area contributed by atoms with Gasteiger partial charge in [0, 0.05) is 0 Å². The van der Waals surface area contributed by atoms with Crippen LogP contribution in [0.25, 0.3) is 0 Å². The van der Waals surface area contributed by atoms with Gasteiger partial charge < -0.3 is 16.6 Å². The summed E-state index contributed by atoms with van der Waals surface area (Å²) < 4.78 is 0. The number of rotatable bonds is 3. The highest BCUT2D eigenvalue weighted by molar-refractivity contribution is 5.82. The number of aliphatic carboxylic acids is 1. The Morgan fingerprint density at radius 3 is 1.91 bits per heavy atom. The molecule has 0 spiro atoms. The molecule has 0 saturated heterocycles. The average molecular weight is 162 g/mol. The Labute approximate surface area is 65.4 Å². The lowest BCUT2D eigenvalue weighted by Gasteiger charge is -1.99. The molecule has 0 rings (SSSR count). The Morgan fingerprint density at radius 2 is 1.82 bits per heavy atom. The molecule has 0 saturated carbocycles. The van der Waals surface area contributed by atoms with Gasteiger partial charge >= 0.3 is 5.97 Å². The molecule has 0 heterocycles. The van der Waals surface area contributed by atoms with Gasteiger partial charge in [-0.05, 0) is 0 Å². The molecule has 1 unspecified atom stereocenters. The van der Waals surface area contributed by atoms with Crippen molar-refractivity contribution in [2.45, 2.75) is 26.3 Å². The number of carboxylic acid groups (broad SMARTS) is 1. The van der Waals surface area contributed by atoms with E-state index in [0.29, 0.717) is 0 Å². The Hall–Kier alpha value is -1.10. The zero-order valence-corrected chi connectivity index (χ0v) is 6.70. The van der Waals surface area contributed by atoms with E-state index in [1.807, 2.05) is 13.8 Å². The van der Waals surface area contributed by atoms with E-state index in [1.165, 1.54) is 0 Å². The largest absolute Gasteiger partial charge is 0.480 e. The summed E-state index contributed by atoms with van der Waals surface area (Å²) in [5.74, 6) is -1.92. The second-order valence-electron chi connectivity index (χ2n) is 1.62. The van der Waals surface area contributed by atoms with Crippen LogP contribution in [0.3, 0.4) is 0 Å². The van der Waals surface area contributed by atoms with E-state index in [-0.39, 0.29) is 6.42 Å². The van der Waals surface area contributed by atoms with Gasteiger partial charge in [0.2, 0.25) is 5.91 Å². The highest BCUT2D eigenvalue weighted by Crippen LogP contribution is 1.84. The van der Waals surface area contributed by atoms with Crippen LogP contribution in [-0.2, 0) is 9.59 Å². The maximum absolute atomic E-state index is 9.99. The molecule has 0 aliphatic carbocycles. The quantitative estimate of drug-likeness (QED) is 0.510. The lowest BCUT2D eigenvalue weighted by molar-refractivity contribution is -0.140. The first-order chi connectivity index (χ1) is 5.04. The lowest BCUT2D eigenvalue weighted by atomic mass is 10.2. The van der Waals surface area contributed by atoms with Crippen molar-refractivity contribution in [1.29, 1.82) is 0 Å². The second-order valence-corrected chi connectivity index (χ2v) is 1.62. The molecule has 1 atom stereocenters. The van der Waals surface area contributed by atoms with Crippen LogP contribution in [0, 0.1) is 0 Å². The first-order valence-corrected chi connectivity index (χ1v) is 3.30. The minimum absolute atomic E-state index is 0.310. The van der Waals surface area contributed by atoms with Gasteiger partial charge in [0.05, 0.1) is 6.42 Å². The van der Waals surface area contributed by atoms with E-state index in [9.17, 15) is 9.59 Å². The molecular weight excluding hydrogens is 148 g/mol. The Bertz CT molecular complexity index is 136. The molecule has 0 radical (unpaired) electrons. The molecule has 0 aliphatic heterocycles. The van der Waals surface area contributed by atoms with Crippen LogP contribution in [0.5, 0.6) is 0 Å². The fourth-order valence-electron chi connectivity index (χ4n) is 0.304. The topological polar surface area (TPSA) is 106 Å². The smallest absolute Gasteiger partial charge is 0.321 e. The molecule has 0 bridgehead atoms. The molecule has 0 aliphatic rings. The summed E-state index contributed by atoms with van der Waals surface area (Å²) in [5, 5.41) is 8.10. The minimum Gasteiger partial charge on any atom is -0.480 e. The van der Waals surface area contributed by atoms with Gasteiger partial charge in [0.1, 0.15) is 6.04 Å². The lowest BCUT2D eigenvalue weighted by Crippen LogP contribution is -2.34. The summed E-state index contributed by atoms with van der Waals surface area (Å²) >= 11 is 0. The molecule has 0 fully saturated rings. The van der Waals surface area contributed by atoms with Gasteiger partial charge in [-0.1, -0.05) is 13.8 Å². The van der Waals surface area contributed by atoms with Crippen LogP contribution in [0.1, 0.15) is 20.3 Å². The second kappa shape index (κ2) is 7.01. The number of carbonyl (C=O) groups is 2. The van der Waals surface area contributed by atoms with Crippen molar-refractivity contribution in [3.63, 3.8) is 0 Å². The van der Waals surface area contributed by atoms with Gasteiger partial charge in [-0.25, -0.2) is 0 Å². The minimum atomic E-state index is -1.21. The zero-order valence-electron chi connectivity index (χ0n) is 6.70. The monoisotopic (exact) mass is 162 g/mol. The van der Waals surface area contributed by atoms with Crippen molar-refractivity contribution in [1.82, 2.24) is 0 Å². The summed E-state index contributed by atoms with van der Waals surface area (Å²) in [6.45, 7) is 4.00. The highest BCUT2D eigenvalue weighted by Gasteiger charge is 2.13. The van der Waals surface area contributed by atoms with Gasteiger partial charge in [-0.3, -0.25) is 9.59 Å². The SMILES string of the molecule is CC.NC(=O)CC(N)C(=O)O. The molecule has 5 N–H and O–H groups in total. The third-order valence-corrected chi connectivity index (χ3v) is 0.738. The number of amides is 1. The van der Waals surface area contributed by atoms with E-state index in [0.717, 1.165) is 0 Å². The average Bonchev–Trinajstić information content (AvgIpc) is 1.90. The third kappa shape index (κ3) is 8.90. The van der Waals surface area contributed by atoms with Crippen LogP contribution >= 0.6 is 0 Å². The molecular formula is C6H14N2O3. The molecule has 1 amide bonds. The Kier molecular flexibility index (Phi) is 8.01. The van der Waals surface area contributed by atoms with Gasteiger partial charge in [0.15, 0.2) is 0 Å². The molecule has 11 heavy (non-hydrogen) atoms. The van der Waals surface area contributed by atoms with Crippen molar-refractivity contribution in [2.75, 3.05) is 0 Å². The van der Waals surface area contributed by atoms with Crippen LogP contribution in [0.2, 0.25) is 0 Å². The number of hydrogen-bond donors (Lipinski definition) is 3. The predicted molar refractivity (Wildman–Crippen MR) is 40.8 cm³/mol. The number of nitrogens with two attached hydrogens (primary N) is 2. The number of primary amides is 1. The molecule has 5 heteroatoms. The van der Waals surface area contributed by atoms with Gasteiger partial charge in [-0.15, -0.1) is 0 Å². The van der Waals surface area contributed by atoms with Crippen LogP contribution in [-0.4, -0.2) is 23.0 Å². The summed E-state index contributed by atoms with van der Waals surface area (Å²) in [4.78, 5) is 19.9. The van der Waals surface area contributed by atoms with Crippen LogP contribution in [0.4, 0.5) is 0 Å². The molecule has 0 aromatic rings. The number of carboxylic acids is 1. The predicted octanol–water partition coefficient (Wildman–Crippen LogP) is -0.700. The van der Waals surface area contributed by atoms with E-state index < -0.39 is 17.9 Å². The fraction of sp³-hybridized carbons (Fsp3) is 0.667. The zero-order chi connectivity index (χ0) is 9.44. The highest BCUT2D eigenvalue weighted by atomic mass is 16.4. The van der Waals surface area contributed by atoms with Crippen LogP contribution < -0.4 is 11.5 Å². The summed E-state index contributed by atoms with van der Waals surface area (Å²) in [5.41, 5.74) is 9.57. The summed E-state index contributed by atoms with van der Waals surface area (Å²) in [6, 6.07) is -1.16. The van der Waals surface area contributed by atoms with Crippen molar-refractivity contribution in [3.05, 3.63) is 0 Å². The van der Waals surface area contributed by atoms with Crippen molar-refractivity contribution >= 4 is 11.9 Å². The number of carbonyl (C=O) groups excluding carboxylic acids is 1. The van der Waals surface area contributed by atoms with Gasteiger partial charge in [0.25, 0.3) is 0 Å². The molecule has 66 valence electrons. The van der Waals surface area contributed by atoms with Crippen molar-refractivity contribution in [2.24, 2.45) is 11.5 Å². The van der Waals surface area contributed by atoms with E-state index in [1.54, 1.807) is 0 Å². The number of hydrogen-bond acceptors (Lipinski definition) is 3. The van der Waals surface area contributed by atoms with Crippen molar-refractivity contribution in [3.8, 4) is 0 Å². The van der Waals surface area contributed by atoms with Crippen molar-refractivity contribution < 1.29 is 14.7 Å². The Balaban J connectivity index is 0. The maximum Gasteiger partial charge on any atom is 0.321 e.